The number of aromatic carboxylic acids is 1. The van der Waals surface area contributed by atoms with E-state index in [-0.39, 0.29) is 23.1 Å². The summed E-state index contributed by atoms with van der Waals surface area (Å²) in [6.07, 6.45) is 0. The molecule has 4 nitrogen and oxygen atoms in total. The summed E-state index contributed by atoms with van der Waals surface area (Å²) in [6.45, 7) is 3.96. The highest BCUT2D eigenvalue weighted by atomic mass is 32.2. The fourth-order valence-electron chi connectivity index (χ4n) is 1.51. The molecule has 2 N–H and O–H groups in total. The molecule has 18 heavy (non-hydrogen) atoms. The second-order valence-electron chi connectivity index (χ2n) is 3.88. The third-order valence-electron chi connectivity index (χ3n) is 2.35. The highest BCUT2D eigenvalue weighted by molar-refractivity contribution is 7.99. The number of hydrogen-bond acceptors (Lipinski definition) is 3. The van der Waals surface area contributed by atoms with E-state index in [4.69, 9.17) is 5.11 Å². The molecule has 98 valence electrons. The molecule has 0 aliphatic heterocycles. The van der Waals surface area contributed by atoms with E-state index in [1.165, 1.54) is 12.1 Å². The van der Waals surface area contributed by atoms with Crippen LogP contribution in [0.3, 0.4) is 0 Å². The van der Waals surface area contributed by atoms with Crippen LogP contribution < -0.4 is 5.32 Å². The summed E-state index contributed by atoms with van der Waals surface area (Å²) in [5, 5.41) is 11.8. The van der Waals surface area contributed by atoms with Crippen molar-refractivity contribution in [3.63, 3.8) is 0 Å². The lowest BCUT2D eigenvalue weighted by atomic mass is 10.1. The van der Waals surface area contributed by atoms with Crippen LogP contribution in [0.4, 0.5) is 0 Å². The molecule has 0 saturated heterocycles. The number of carbonyl (C=O) groups excluding carboxylic acids is 1. The van der Waals surface area contributed by atoms with Crippen molar-refractivity contribution in [1.29, 1.82) is 0 Å². The normalized spacial score (nSPS) is 11.9. The lowest BCUT2D eigenvalue weighted by molar-refractivity contribution is 0.0690. The predicted octanol–water partition coefficient (Wildman–Crippen LogP) is 2.26. The fourth-order valence-corrected chi connectivity index (χ4v) is 2.18. The van der Waals surface area contributed by atoms with Gasteiger partial charge in [0.1, 0.15) is 0 Å². The van der Waals surface area contributed by atoms with Crippen LogP contribution in [0.15, 0.2) is 24.3 Å². The van der Waals surface area contributed by atoms with Gasteiger partial charge in [0.15, 0.2) is 0 Å². The Morgan fingerprint density at radius 2 is 1.94 bits per heavy atom. The van der Waals surface area contributed by atoms with Crippen molar-refractivity contribution in [2.45, 2.75) is 19.9 Å². The maximum Gasteiger partial charge on any atom is 0.336 e. The standard InChI is InChI=1S/C13H17NO3S/c1-3-18-8-9(2)14-12(15)10-6-4-5-7-11(10)13(16)17/h4-7,9H,3,8H2,1-2H3,(H,14,15)(H,16,17). The first-order valence-electron chi connectivity index (χ1n) is 5.77. The van der Waals surface area contributed by atoms with Gasteiger partial charge in [0.05, 0.1) is 11.1 Å². The van der Waals surface area contributed by atoms with Crippen molar-refractivity contribution in [2.75, 3.05) is 11.5 Å². The molecule has 0 heterocycles. The molecule has 0 saturated carbocycles. The van der Waals surface area contributed by atoms with Crippen molar-refractivity contribution in [2.24, 2.45) is 0 Å². The van der Waals surface area contributed by atoms with Gasteiger partial charge in [-0.05, 0) is 24.8 Å². The van der Waals surface area contributed by atoms with Crippen LogP contribution in [0.25, 0.3) is 0 Å². The second-order valence-corrected chi connectivity index (χ2v) is 5.20. The van der Waals surface area contributed by atoms with Crippen LogP contribution in [0.2, 0.25) is 0 Å². The van der Waals surface area contributed by atoms with E-state index in [1.54, 1.807) is 23.9 Å². The van der Waals surface area contributed by atoms with Crippen LogP contribution in [-0.2, 0) is 0 Å². The van der Waals surface area contributed by atoms with Gasteiger partial charge in [-0.1, -0.05) is 19.1 Å². The minimum Gasteiger partial charge on any atom is -0.478 e. The van der Waals surface area contributed by atoms with E-state index in [0.29, 0.717) is 0 Å². The van der Waals surface area contributed by atoms with Gasteiger partial charge in [-0.2, -0.15) is 11.8 Å². The first-order chi connectivity index (χ1) is 8.56. The molecule has 0 radical (unpaired) electrons. The number of nitrogens with one attached hydrogen (secondary N) is 1. The molecule has 0 bridgehead atoms. The Morgan fingerprint density at radius 1 is 1.33 bits per heavy atom. The summed E-state index contributed by atoms with van der Waals surface area (Å²) in [4.78, 5) is 23.0. The van der Waals surface area contributed by atoms with Crippen molar-refractivity contribution in [3.8, 4) is 0 Å². The first kappa shape index (κ1) is 14.6. The lowest BCUT2D eigenvalue weighted by Crippen LogP contribution is -2.35. The topological polar surface area (TPSA) is 66.4 Å². The van der Waals surface area contributed by atoms with Crippen molar-refractivity contribution < 1.29 is 14.7 Å². The number of carboxylic acids is 1. The Balaban J connectivity index is 2.75. The zero-order chi connectivity index (χ0) is 13.5. The van der Waals surface area contributed by atoms with Gasteiger partial charge in [-0.15, -0.1) is 0 Å². The number of amides is 1. The first-order valence-corrected chi connectivity index (χ1v) is 6.92. The van der Waals surface area contributed by atoms with Crippen molar-refractivity contribution in [3.05, 3.63) is 35.4 Å². The van der Waals surface area contributed by atoms with Crippen LogP contribution in [-0.4, -0.2) is 34.5 Å². The second kappa shape index (κ2) is 7.06. The number of hydrogen-bond donors (Lipinski definition) is 2. The summed E-state index contributed by atoms with van der Waals surface area (Å²) in [5.74, 6) is 0.386. The third kappa shape index (κ3) is 4.07. The number of thioether (sulfide) groups is 1. The summed E-state index contributed by atoms with van der Waals surface area (Å²) in [7, 11) is 0. The van der Waals surface area contributed by atoms with Gasteiger partial charge in [-0.3, -0.25) is 4.79 Å². The van der Waals surface area contributed by atoms with Crippen LogP contribution in [0, 0.1) is 0 Å². The number of carboxylic acid groups (broad SMARTS) is 1. The molecular formula is C13H17NO3S. The molecule has 1 aromatic rings. The molecule has 1 atom stereocenters. The van der Waals surface area contributed by atoms with E-state index in [1.807, 2.05) is 6.92 Å². The highest BCUT2D eigenvalue weighted by Gasteiger charge is 2.16. The fraction of sp³-hybridized carbons (Fsp3) is 0.385. The maximum atomic E-state index is 12.0. The van der Waals surface area contributed by atoms with E-state index >= 15 is 0 Å². The van der Waals surface area contributed by atoms with Gasteiger partial charge in [-0.25, -0.2) is 4.79 Å². The summed E-state index contributed by atoms with van der Waals surface area (Å²) >= 11 is 1.73. The molecule has 5 heteroatoms. The zero-order valence-corrected chi connectivity index (χ0v) is 11.3. The van der Waals surface area contributed by atoms with Gasteiger partial charge >= 0.3 is 5.97 Å². The molecule has 0 aliphatic rings. The van der Waals surface area contributed by atoms with Gasteiger partial charge in [0, 0.05) is 11.8 Å². The zero-order valence-electron chi connectivity index (χ0n) is 10.5. The van der Waals surface area contributed by atoms with Crippen LogP contribution >= 0.6 is 11.8 Å². The van der Waals surface area contributed by atoms with Gasteiger partial charge in [0.25, 0.3) is 5.91 Å². The number of rotatable bonds is 6. The minimum atomic E-state index is -1.09. The minimum absolute atomic E-state index is 0.0179. The van der Waals surface area contributed by atoms with Crippen LogP contribution in [0.5, 0.6) is 0 Å². The van der Waals surface area contributed by atoms with E-state index in [9.17, 15) is 9.59 Å². The van der Waals surface area contributed by atoms with E-state index in [2.05, 4.69) is 12.2 Å². The summed E-state index contributed by atoms with van der Waals surface area (Å²) in [6, 6.07) is 6.24. The third-order valence-corrected chi connectivity index (χ3v) is 3.50. The Kier molecular flexibility index (Phi) is 5.71. The van der Waals surface area contributed by atoms with Gasteiger partial charge in [0.2, 0.25) is 0 Å². The largest absolute Gasteiger partial charge is 0.478 e. The summed E-state index contributed by atoms with van der Waals surface area (Å²) < 4.78 is 0. The molecule has 1 unspecified atom stereocenters. The molecular weight excluding hydrogens is 250 g/mol. The van der Waals surface area contributed by atoms with Crippen molar-refractivity contribution in [1.82, 2.24) is 5.32 Å². The molecule has 0 fully saturated rings. The smallest absolute Gasteiger partial charge is 0.336 e. The Labute approximate surface area is 111 Å². The molecule has 0 aliphatic carbocycles. The average Bonchev–Trinajstić information content (AvgIpc) is 2.36. The highest BCUT2D eigenvalue weighted by Crippen LogP contribution is 2.09. The molecule has 1 aromatic carbocycles. The number of benzene rings is 1. The SMILES string of the molecule is CCSCC(C)NC(=O)c1ccccc1C(=O)O. The van der Waals surface area contributed by atoms with Crippen molar-refractivity contribution >= 4 is 23.6 Å². The quantitative estimate of drug-likeness (QED) is 0.829. The number of carbonyl (C=O) groups is 2. The molecule has 1 rings (SSSR count). The summed E-state index contributed by atoms with van der Waals surface area (Å²) in [5.41, 5.74) is 0.240. The Morgan fingerprint density at radius 3 is 2.50 bits per heavy atom. The predicted molar refractivity (Wildman–Crippen MR) is 73.3 cm³/mol. The van der Waals surface area contributed by atoms with E-state index < -0.39 is 5.97 Å². The molecule has 0 aromatic heterocycles. The van der Waals surface area contributed by atoms with Crippen LogP contribution in [0.1, 0.15) is 34.6 Å². The lowest BCUT2D eigenvalue weighted by Gasteiger charge is -2.14. The average molecular weight is 267 g/mol. The molecule has 1 amide bonds. The molecule has 0 spiro atoms. The Hall–Kier alpha value is -1.49. The van der Waals surface area contributed by atoms with E-state index in [0.717, 1.165) is 11.5 Å². The monoisotopic (exact) mass is 267 g/mol. The van der Waals surface area contributed by atoms with Gasteiger partial charge < -0.3 is 10.4 Å². The maximum absolute atomic E-state index is 12.0. The Bertz CT molecular complexity index is 434.